The molecule has 180 valence electrons. The van der Waals surface area contributed by atoms with E-state index in [4.69, 9.17) is 0 Å². The van der Waals surface area contributed by atoms with E-state index in [0.717, 1.165) is 40.2 Å². The molecule has 2 rings (SSSR count). The smallest absolute Gasteiger partial charge is 0.244 e. The van der Waals surface area contributed by atoms with Gasteiger partial charge < -0.3 is 10.2 Å². The molecule has 7 nitrogen and oxygen atoms in total. The zero-order valence-corrected chi connectivity index (χ0v) is 20.4. The molecule has 0 aliphatic carbocycles. The molecule has 2 aromatic carbocycles. The number of aryl methyl sites for hydroxylation is 1. The Morgan fingerprint density at radius 3 is 2.30 bits per heavy atom. The molecule has 33 heavy (non-hydrogen) atoms. The molecule has 0 spiro atoms. The molecule has 0 aromatic heterocycles. The van der Waals surface area contributed by atoms with E-state index in [9.17, 15) is 22.4 Å². The zero-order valence-electron chi connectivity index (χ0n) is 19.5. The first-order chi connectivity index (χ1) is 15.6. The Morgan fingerprint density at radius 1 is 1.09 bits per heavy atom. The third-order valence-corrected chi connectivity index (χ3v) is 6.30. The molecule has 0 radical (unpaired) electrons. The second kappa shape index (κ2) is 11.8. The fourth-order valence-corrected chi connectivity index (χ4v) is 4.36. The first-order valence-electron chi connectivity index (χ1n) is 10.9. The van der Waals surface area contributed by atoms with Crippen LogP contribution in [0.2, 0.25) is 0 Å². The molecule has 0 saturated heterocycles. The molecule has 9 heteroatoms. The van der Waals surface area contributed by atoms with Crippen LogP contribution in [0.1, 0.15) is 37.8 Å². The Bertz CT molecular complexity index is 1060. The van der Waals surface area contributed by atoms with E-state index in [1.165, 1.54) is 17.0 Å². The van der Waals surface area contributed by atoms with Crippen molar-refractivity contribution in [3.63, 3.8) is 0 Å². The van der Waals surface area contributed by atoms with Crippen molar-refractivity contribution in [3.05, 3.63) is 65.5 Å². The lowest BCUT2D eigenvalue weighted by Gasteiger charge is -2.33. The van der Waals surface area contributed by atoms with Crippen molar-refractivity contribution in [1.82, 2.24) is 10.2 Å². The van der Waals surface area contributed by atoms with Crippen molar-refractivity contribution in [2.45, 2.75) is 46.2 Å². The van der Waals surface area contributed by atoms with Gasteiger partial charge in [0.2, 0.25) is 21.8 Å². The summed E-state index contributed by atoms with van der Waals surface area (Å²) in [6, 6.07) is 11.7. The van der Waals surface area contributed by atoms with Gasteiger partial charge in [-0.25, -0.2) is 12.8 Å². The number of nitrogens with zero attached hydrogens (tertiary/aromatic N) is 2. The van der Waals surface area contributed by atoms with Crippen LogP contribution in [0.15, 0.2) is 48.5 Å². The first-order valence-corrected chi connectivity index (χ1v) is 12.8. The lowest BCUT2D eigenvalue weighted by Crippen LogP contribution is -2.52. The lowest BCUT2D eigenvalue weighted by molar-refractivity contribution is -0.140. The summed E-state index contributed by atoms with van der Waals surface area (Å²) in [5.74, 6) is -1.32. The van der Waals surface area contributed by atoms with Crippen molar-refractivity contribution < 1.29 is 22.4 Å². The number of benzene rings is 2. The highest BCUT2D eigenvalue weighted by atomic mass is 32.2. The summed E-state index contributed by atoms with van der Waals surface area (Å²) >= 11 is 0. The fraction of sp³-hybridized carbons (Fsp3) is 0.417. The highest BCUT2D eigenvalue weighted by molar-refractivity contribution is 7.92. The second-order valence-corrected chi connectivity index (χ2v) is 9.88. The molecule has 1 unspecified atom stereocenters. The Morgan fingerprint density at radius 2 is 1.76 bits per heavy atom. The van der Waals surface area contributed by atoms with Crippen molar-refractivity contribution in [2.75, 3.05) is 23.7 Å². The van der Waals surface area contributed by atoms with Gasteiger partial charge in [0.1, 0.15) is 18.4 Å². The maximum atomic E-state index is 13.5. The lowest BCUT2D eigenvalue weighted by atomic mass is 10.1. The van der Waals surface area contributed by atoms with Gasteiger partial charge in [-0.1, -0.05) is 43.7 Å². The summed E-state index contributed by atoms with van der Waals surface area (Å²) in [6.07, 6.45) is 2.10. The van der Waals surface area contributed by atoms with Crippen LogP contribution in [0, 0.1) is 12.7 Å². The van der Waals surface area contributed by atoms with Gasteiger partial charge in [0, 0.05) is 13.1 Å². The molecule has 0 aliphatic heterocycles. The predicted molar refractivity (Wildman–Crippen MR) is 128 cm³/mol. The quantitative estimate of drug-likeness (QED) is 0.538. The van der Waals surface area contributed by atoms with Gasteiger partial charge in [-0.05, 0) is 49.6 Å². The number of nitrogens with one attached hydrogen (secondary N) is 1. The number of hydrogen-bond donors (Lipinski definition) is 1. The van der Waals surface area contributed by atoms with E-state index in [1.807, 2.05) is 38.1 Å². The van der Waals surface area contributed by atoms with Crippen molar-refractivity contribution >= 4 is 27.5 Å². The minimum Gasteiger partial charge on any atom is -0.354 e. The molecule has 0 bridgehead atoms. The molecular formula is C24H32FN3O4S. The standard InChI is InChI=1S/C24H32FN3O4S/c1-5-14-26-24(30)22(6-2)27(16-19-9-7-8-18(3)15-19)23(29)17-28(33(4,31)32)21-12-10-20(25)11-13-21/h7-13,15,22H,5-6,14,16-17H2,1-4H3,(H,26,30). The van der Waals surface area contributed by atoms with Crippen LogP contribution in [0.5, 0.6) is 0 Å². The largest absolute Gasteiger partial charge is 0.354 e. The summed E-state index contributed by atoms with van der Waals surface area (Å²) in [4.78, 5) is 27.7. The average Bonchev–Trinajstić information content (AvgIpc) is 2.75. The third-order valence-electron chi connectivity index (χ3n) is 5.16. The van der Waals surface area contributed by atoms with Gasteiger partial charge in [-0.15, -0.1) is 0 Å². The monoisotopic (exact) mass is 477 g/mol. The average molecular weight is 478 g/mol. The summed E-state index contributed by atoms with van der Waals surface area (Å²) in [5.41, 5.74) is 2.01. The van der Waals surface area contributed by atoms with E-state index in [1.54, 1.807) is 6.92 Å². The van der Waals surface area contributed by atoms with Gasteiger partial charge in [0.05, 0.1) is 11.9 Å². The Labute approximate surface area is 195 Å². The summed E-state index contributed by atoms with van der Waals surface area (Å²) in [7, 11) is -3.84. The van der Waals surface area contributed by atoms with Crippen molar-refractivity contribution in [3.8, 4) is 0 Å². The van der Waals surface area contributed by atoms with Gasteiger partial charge in [-0.2, -0.15) is 0 Å². The SMILES string of the molecule is CCCNC(=O)C(CC)N(Cc1cccc(C)c1)C(=O)CN(c1ccc(F)cc1)S(C)(=O)=O. The highest BCUT2D eigenvalue weighted by Crippen LogP contribution is 2.20. The molecule has 0 saturated carbocycles. The number of sulfonamides is 1. The number of amides is 2. The van der Waals surface area contributed by atoms with Gasteiger partial charge in [0.15, 0.2) is 0 Å². The van der Waals surface area contributed by atoms with E-state index in [-0.39, 0.29) is 18.1 Å². The molecule has 1 N–H and O–H groups in total. The molecule has 0 fully saturated rings. The zero-order chi connectivity index (χ0) is 24.6. The number of anilines is 1. The van der Waals surface area contributed by atoms with Gasteiger partial charge in [-0.3, -0.25) is 13.9 Å². The Hall–Kier alpha value is -2.94. The van der Waals surface area contributed by atoms with E-state index < -0.39 is 34.3 Å². The minimum atomic E-state index is -3.84. The summed E-state index contributed by atoms with van der Waals surface area (Å²) in [6.45, 7) is 5.80. The van der Waals surface area contributed by atoms with Crippen LogP contribution in [0.25, 0.3) is 0 Å². The van der Waals surface area contributed by atoms with Crippen molar-refractivity contribution in [1.29, 1.82) is 0 Å². The molecule has 1 atom stereocenters. The summed E-state index contributed by atoms with van der Waals surface area (Å²) in [5, 5.41) is 2.83. The molecule has 2 aromatic rings. The third kappa shape index (κ3) is 7.56. The van der Waals surface area contributed by atoms with Crippen LogP contribution in [-0.2, 0) is 26.2 Å². The van der Waals surface area contributed by atoms with Crippen LogP contribution in [0.4, 0.5) is 10.1 Å². The fourth-order valence-electron chi connectivity index (χ4n) is 3.51. The van der Waals surface area contributed by atoms with Crippen molar-refractivity contribution in [2.24, 2.45) is 0 Å². The minimum absolute atomic E-state index is 0.152. The number of carbonyl (C=O) groups excluding carboxylic acids is 2. The Balaban J connectivity index is 2.41. The van der Waals surface area contributed by atoms with E-state index in [0.29, 0.717) is 13.0 Å². The first kappa shape index (κ1) is 26.3. The predicted octanol–water partition coefficient (Wildman–Crippen LogP) is 3.23. The molecular weight excluding hydrogens is 445 g/mol. The highest BCUT2D eigenvalue weighted by Gasteiger charge is 2.31. The maximum Gasteiger partial charge on any atom is 0.244 e. The maximum absolute atomic E-state index is 13.5. The number of rotatable bonds is 11. The van der Waals surface area contributed by atoms with E-state index in [2.05, 4.69) is 5.32 Å². The molecule has 0 aliphatic rings. The van der Waals surface area contributed by atoms with Crippen LogP contribution < -0.4 is 9.62 Å². The second-order valence-electron chi connectivity index (χ2n) is 7.97. The van der Waals surface area contributed by atoms with Gasteiger partial charge in [0.25, 0.3) is 0 Å². The molecule has 0 heterocycles. The Kier molecular flexibility index (Phi) is 9.40. The number of halogens is 1. The van der Waals surface area contributed by atoms with Gasteiger partial charge >= 0.3 is 0 Å². The van der Waals surface area contributed by atoms with Crippen LogP contribution >= 0.6 is 0 Å². The van der Waals surface area contributed by atoms with Crippen LogP contribution in [-0.4, -0.2) is 50.5 Å². The molecule has 2 amide bonds. The number of carbonyl (C=O) groups is 2. The topological polar surface area (TPSA) is 86.8 Å². The summed E-state index contributed by atoms with van der Waals surface area (Å²) < 4.78 is 39.2. The normalized spacial score (nSPS) is 12.2. The van der Waals surface area contributed by atoms with Crippen LogP contribution in [0.3, 0.4) is 0 Å². The number of hydrogen-bond acceptors (Lipinski definition) is 4. The van der Waals surface area contributed by atoms with E-state index >= 15 is 0 Å².